The summed E-state index contributed by atoms with van der Waals surface area (Å²) in [4.78, 5) is 6.36. The summed E-state index contributed by atoms with van der Waals surface area (Å²) in [6.07, 6.45) is 1.10. The lowest BCUT2D eigenvalue weighted by atomic mass is 10.1. The molecule has 2 heterocycles. The van der Waals surface area contributed by atoms with Gasteiger partial charge >= 0.3 is 0 Å². The number of likely N-dealkylation sites (tertiary alicyclic amines) is 1. The summed E-state index contributed by atoms with van der Waals surface area (Å²) < 4.78 is 1.11. The Morgan fingerprint density at radius 2 is 2.07 bits per heavy atom. The molecule has 6 heteroatoms. The van der Waals surface area contributed by atoms with Crippen molar-refractivity contribution >= 4 is 44.6 Å². The van der Waals surface area contributed by atoms with Crippen molar-refractivity contribution in [1.29, 1.82) is 5.26 Å². The van der Waals surface area contributed by atoms with Gasteiger partial charge in [-0.25, -0.2) is 0 Å². The molecule has 2 aromatic carbocycles. The molecule has 1 saturated heterocycles. The van der Waals surface area contributed by atoms with Crippen LogP contribution in [-0.2, 0) is 13.1 Å². The van der Waals surface area contributed by atoms with Crippen LogP contribution in [0.15, 0.2) is 64.5 Å². The van der Waals surface area contributed by atoms with Gasteiger partial charge in [0.15, 0.2) is 0 Å². The largest absolute Gasteiger partial charge is 0.363 e. The summed E-state index contributed by atoms with van der Waals surface area (Å²) in [6.45, 7) is 3.89. The van der Waals surface area contributed by atoms with E-state index in [1.807, 2.05) is 35.6 Å². The van der Waals surface area contributed by atoms with Crippen molar-refractivity contribution in [3.05, 3.63) is 85.5 Å². The first kappa shape index (κ1) is 20.4. The van der Waals surface area contributed by atoms with Gasteiger partial charge in [-0.15, -0.1) is 11.3 Å². The fourth-order valence-electron chi connectivity index (χ4n) is 3.85. The van der Waals surface area contributed by atoms with Crippen LogP contribution < -0.4 is 4.90 Å². The van der Waals surface area contributed by atoms with Gasteiger partial charge in [-0.05, 0) is 47.7 Å². The van der Waals surface area contributed by atoms with Gasteiger partial charge in [-0.2, -0.15) is 5.26 Å². The zero-order chi connectivity index (χ0) is 20.2. The molecule has 148 valence electrons. The average Bonchev–Trinajstić information content (AvgIpc) is 3.40. The van der Waals surface area contributed by atoms with E-state index < -0.39 is 0 Å². The summed E-state index contributed by atoms with van der Waals surface area (Å²) in [5.74, 6) is 0. The molecule has 0 radical (unpaired) electrons. The summed E-state index contributed by atoms with van der Waals surface area (Å²) >= 11 is 11.9. The molecule has 0 amide bonds. The molecule has 1 atom stereocenters. The van der Waals surface area contributed by atoms with Crippen molar-refractivity contribution < 1.29 is 0 Å². The molecule has 3 nitrogen and oxygen atoms in total. The first-order valence-electron chi connectivity index (χ1n) is 9.58. The van der Waals surface area contributed by atoms with Gasteiger partial charge in [0.2, 0.25) is 0 Å². The first-order chi connectivity index (χ1) is 14.1. The number of halogens is 2. The molecule has 0 saturated carbocycles. The van der Waals surface area contributed by atoms with Crippen molar-refractivity contribution in [2.45, 2.75) is 25.6 Å². The zero-order valence-corrected chi connectivity index (χ0v) is 19.1. The molecule has 0 N–H and O–H groups in total. The number of benzene rings is 2. The van der Waals surface area contributed by atoms with Crippen LogP contribution in [0, 0.1) is 11.3 Å². The van der Waals surface area contributed by atoms with E-state index in [9.17, 15) is 5.26 Å². The third-order valence-electron chi connectivity index (χ3n) is 5.35. The number of rotatable bonds is 6. The minimum atomic E-state index is 0.395. The number of nitriles is 1. The van der Waals surface area contributed by atoms with Gasteiger partial charge in [-0.3, -0.25) is 4.90 Å². The summed E-state index contributed by atoms with van der Waals surface area (Å²) in [6, 6.07) is 21.0. The third kappa shape index (κ3) is 4.84. The van der Waals surface area contributed by atoms with Crippen LogP contribution in [0.25, 0.3) is 0 Å². The quantitative estimate of drug-likeness (QED) is 0.408. The van der Waals surface area contributed by atoms with Gasteiger partial charge in [0.25, 0.3) is 0 Å². The molecule has 0 bridgehead atoms. The summed E-state index contributed by atoms with van der Waals surface area (Å²) in [7, 11) is 0. The Kier molecular flexibility index (Phi) is 6.56. The molecule has 1 aromatic heterocycles. The highest BCUT2D eigenvalue weighted by molar-refractivity contribution is 9.10. The number of hydrogen-bond donors (Lipinski definition) is 0. The SMILES string of the molecule is N#Cc1ccc(N(Cc2ccccc2Br)[C@H]2CCN(Cc3cccs3)C2)cc1Cl. The van der Waals surface area contributed by atoms with E-state index in [0.717, 1.165) is 42.8 Å². The van der Waals surface area contributed by atoms with Crippen LogP contribution >= 0.6 is 38.9 Å². The Hall–Kier alpha value is -1.84. The fourth-order valence-corrected chi connectivity index (χ4v) is 5.22. The summed E-state index contributed by atoms with van der Waals surface area (Å²) in [5, 5.41) is 11.9. The lowest BCUT2D eigenvalue weighted by Crippen LogP contribution is -2.37. The molecule has 0 aliphatic carbocycles. The van der Waals surface area contributed by atoms with E-state index in [2.05, 4.69) is 67.5 Å². The summed E-state index contributed by atoms with van der Waals surface area (Å²) in [5.41, 5.74) is 2.82. The van der Waals surface area contributed by atoms with Crippen molar-refractivity contribution in [1.82, 2.24) is 4.90 Å². The van der Waals surface area contributed by atoms with E-state index in [4.69, 9.17) is 11.6 Å². The van der Waals surface area contributed by atoms with Crippen molar-refractivity contribution in [3.8, 4) is 6.07 Å². The average molecular weight is 487 g/mol. The van der Waals surface area contributed by atoms with Crippen molar-refractivity contribution in [2.75, 3.05) is 18.0 Å². The van der Waals surface area contributed by atoms with E-state index >= 15 is 0 Å². The molecule has 3 aromatic rings. The normalized spacial score (nSPS) is 16.7. The van der Waals surface area contributed by atoms with Gasteiger partial charge in [-0.1, -0.05) is 51.8 Å². The highest BCUT2D eigenvalue weighted by Gasteiger charge is 2.29. The van der Waals surface area contributed by atoms with Crippen molar-refractivity contribution in [3.63, 3.8) is 0 Å². The topological polar surface area (TPSA) is 30.3 Å². The van der Waals surface area contributed by atoms with Crippen LogP contribution in [-0.4, -0.2) is 24.0 Å². The highest BCUT2D eigenvalue weighted by atomic mass is 79.9. The molecule has 1 aliphatic rings. The minimum Gasteiger partial charge on any atom is -0.363 e. The van der Waals surface area contributed by atoms with Crippen molar-refractivity contribution in [2.24, 2.45) is 0 Å². The van der Waals surface area contributed by atoms with E-state index in [1.54, 1.807) is 0 Å². The molecular formula is C23H21BrClN3S. The standard InChI is InChI=1S/C23H21BrClN3S/c24-22-6-2-1-4-18(22)14-28(19-8-7-17(13-26)23(25)12-19)20-9-10-27(15-20)16-21-5-3-11-29-21/h1-8,11-12,20H,9-10,14-16H2/t20-/m0/s1. The van der Waals surface area contributed by atoms with Crippen LogP contribution in [0.4, 0.5) is 5.69 Å². The number of thiophene rings is 1. The Labute approximate surface area is 189 Å². The maximum Gasteiger partial charge on any atom is 0.101 e. The molecule has 4 rings (SSSR count). The van der Waals surface area contributed by atoms with Gasteiger partial charge < -0.3 is 4.90 Å². The number of anilines is 1. The molecule has 29 heavy (non-hydrogen) atoms. The van der Waals surface area contributed by atoms with E-state index in [1.165, 1.54) is 10.4 Å². The van der Waals surface area contributed by atoms with E-state index in [0.29, 0.717) is 16.6 Å². The van der Waals surface area contributed by atoms with Gasteiger partial charge in [0, 0.05) is 47.3 Å². The predicted molar refractivity (Wildman–Crippen MR) is 124 cm³/mol. The lowest BCUT2D eigenvalue weighted by Gasteiger charge is -2.32. The zero-order valence-electron chi connectivity index (χ0n) is 15.9. The molecule has 1 aliphatic heterocycles. The molecule has 0 spiro atoms. The molecule has 0 unspecified atom stereocenters. The Morgan fingerprint density at radius 1 is 1.21 bits per heavy atom. The Balaban J connectivity index is 1.59. The predicted octanol–water partition coefficient (Wildman–Crippen LogP) is 6.32. The monoisotopic (exact) mass is 485 g/mol. The van der Waals surface area contributed by atoms with Crippen LogP contribution in [0.1, 0.15) is 22.4 Å². The second-order valence-electron chi connectivity index (χ2n) is 7.25. The van der Waals surface area contributed by atoms with Crippen LogP contribution in [0.5, 0.6) is 0 Å². The second kappa shape index (κ2) is 9.32. The maximum atomic E-state index is 9.23. The fraction of sp³-hybridized carbons (Fsp3) is 0.261. The minimum absolute atomic E-state index is 0.395. The van der Waals surface area contributed by atoms with Crippen LogP contribution in [0.3, 0.4) is 0 Å². The lowest BCUT2D eigenvalue weighted by molar-refractivity contribution is 0.327. The second-order valence-corrected chi connectivity index (χ2v) is 9.55. The molecule has 1 fully saturated rings. The molecular weight excluding hydrogens is 466 g/mol. The Morgan fingerprint density at radius 3 is 2.79 bits per heavy atom. The highest BCUT2D eigenvalue weighted by Crippen LogP contribution is 2.31. The third-order valence-corrected chi connectivity index (χ3v) is 7.30. The van der Waals surface area contributed by atoms with Gasteiger partial charge in [0.1, 0.15) is 6.07 Å². The number of nitrogens with zero attached hydrogens (tertiary/aromatic N) is 3. The number of hydrogen-bond acceptors (Lipinski definition) is 4. The first-order valence-corrected chi connectivity index (χ1v) is 11.6. The van der Waals surface area contributed by atoms with Gasteiger partial charge in [0.05, 0.1) is 10.6 Å². The smallest absolute Gasteiger partial charge is 0.101 e. The maximum absolute atomic E-state index is 9.23. The van der Waals surface area contributed by atoms with Crippen LogP contribution in [0.2, 0.25) is 5.02 Å². The Bertz CT molecular complexity index is 1020. The van der Waals surface area contributed by atoms with E-state index in [-0.39, 0.29) is 0 Å².